The van der Waals surface area contributed by atoms with Crippen LogP contribution in [0.2, 0.25) is 0 Å². The van der Waals surface area contributed by atoms with Gasteiger partial charge in [-0.15, -0.1) is 11.3 Å². The number of aromatic amines is 1. The summed E-state index contributed by atoms with van der Waals surface area (Å²) in [6, 6.07) is 10.8. The SMILES string of the molecule is O=c1c2sccc2[nH]c(=S)n1C(CO)c1ccccc1. The molecule has 3 rings (SSSR count). The van der Waals surface area contributed by atoms with Crippen LogP contribution in [0.1, 0.15) is 11.6 Å². The number of H-pyrrole nitrogens is 1. The molecule has 2 heterocycles. The zero-order chi connectivity index (χ0) is 14.1. The first-order valence-corrected chi connectivity index (χ1v) is 7.39. The van der Waals surface area contributed by atoms with E-state index in [1.807, 2.05) is 41.8 Å². The molecule has 102 valence electrons. The minimum atomic E-state index is -0.473. The van der Waals surface area contributed by atoms with Crippen molar-refractivity contribution >= 4 is 33.8 Å². The van der Waals surface area contributed by atoms with Gasteiger partial charge in [0, 0.05) is 0 Å². The van der Waals surface area contributed by atoms with Gasteiger partial charge >= 0.3 is 0 Å². The fourth-order valence-corrected chi connectivity index (χ4v) is 3.35. The summed E-state index contributed by atoms with van der Waals surface area (Å²) in [5, 5.41) is 11.5. The molecule has 2 N–H and O–H groups in total. The third-order valence-corrected chi connectivity index (χ3v) is 4.41. The Balaban J connectivity index is 2.27. The Hall–Kier alpha value is -1.76. The maximum atomic E-state index is 12.6. The van der Waals surface area contributed by atoms with Crippen molar-refractivity contribution in [3.63, 3.8) is 0 Å². The van der Waals surface area contributed by atoms with Gasteiger partial charge in [0.2, 0.25) is 0 Å². The van der Waals surface area contributed by atoms with E-state index < -0.39 is 6.04 Å². The van der Waals surface area contributed by atoms with Crippen LogP contribution in [0.4, 0.5) is 0 Å². The molecule has 1 atom stereocenters. The van der Waals surface area contributed by atoms with Gasteiger partial charge in [0.1, 0.15) is 4.70 Å². The number of hydrogen-bond donors (Lipinski definition) is 2. The maximum absolute atomic E-state index is 12.6. The van der Waals surface area contributed by atoms with Crippen LogP contribution >= 0.6 is 23.6 Å². The Kier molecular flexibility index (Phi) is 3.52. The van der Waals surface area contributed by atoms with Crippen LogP contribution in [0, 0.1) is 4.77 Å². The Labute approximate surface area is 124 Å². The van der Waals surface area contributed by atoms with Crippen LogP contribution in [-0.4, -0.2) is 21.3 Å². The average Bonchev–Trinajstić information content (AvgIpc) is 2.92. The van der Waals surface area contributed by atoms with E-state index >= 15 is 0 Å². The quantitative estimate of drug-likeness (QED) is 0.732. The molecule has 0 saturated carbocycles. The lowest BCUT2D eigenvalue weighted by Gasteiger charge is -2.18. The van der Waals surface area contributed by atoms with E-state index in [1.54, 1.807) is 0 Å². The van der Waals surface area contributed by atoms with Crippen molar-refractivity contribution in [1.29, 1.82) is 0 Å². The molecule has 0 aliphatic rings. The molecule has 4 nitrogen and oxygen atoms in total. The highest BCUT2D eigenvalue weighted by molar-refractivity contribution is 7.71. The summed E-state index contributed by atoms with van der Waals surface area (Å²) in [5.41, 5.74) is 1.43. The molecule has 3 aromatic rings. The third kappa shape index (κ3) is 2.11. The van der Waals surface area contributed by atoms with Crippen molar-refractivity contribution in [3.8, 4) is 0 Å². The topological polar surface area (TPSA) is 58.0 Å². The smallest absolute Gasteiger partial charge is 0.272 e. The van der Waals surface area contributed by atoms with Gasteiger partial charge in [0.15, 0.2) is 4.77 Å². The van der Waals surface area contributed by atoms with Gasteiger partial charge in [0.25, 0.3) is 5.56 Å². The summed E-state index contributed by atoms with van der Waals surface area (Å²) in [5.74, 6) is 0. The number of fused-ring (bicyclic) bond motifs is 1. The monoisotopic (exact) mass is 304 g/mol. The number of aliphatic hydroxyl groups is 1. The van der Waals surface area contributed by atoms with Crippen molar-refractivity contribution in [3.05, 3.63) is 62.5 Å². The van der Waals surface area contributed by atoms with E-state index in [0.717, 1.165) is 11.1 Å². The number of nitrogens with zero attached hydrogens (tertiary/aromatic N) is 1. The first kappa shape index (κ1) is 13.2. The molecule has 0 spiro atoms. The Morgan fingerprint density at radius 1 is 1.30 bits per heavy atom. The molecule has 0 aliphatic carbocycles. The highest BCUT2D eigenvalue weighted by Gasteiger charge is 2.17. The van der Waals surface area contributed by atoms with Crippen molar-refractivity contribution in [2.24, 2.45) is 0 Å². The van der Waals surface area contributed by atoms with Gasteiger partial charge in [-0.05, 0) is 29.2 Å². The first-order valence-electron chi connectivity index (χ1n) is 6.10. The number of nitrogens with one attached hydrogen (secondary N) is 1. The lowest BCUT2D eigenvalue weighted by atomic mass is 10.1. The van der Waals surface area contributed by atoms with Gasteiger partial charge in [-0.3, -0.25) is 9.36 Å². The van der Waals surface area contributed by atoms with Crippen molar-refractivity contribution < 1.29 is 5.11 Å². The Bertz CT molecular complexity index is 849. The molecule has 0 aliphatic heterocycles. The predicted octanol–water partition coefficient (Wildman–Crippen LogP) is 2.70. The second-order valence-corrected chi connectivity index (χ2v) is 5.68. The van der Waals surface area contributed by atoms with Gasteiger partial charge in [-0.2, -0.15) is 0 Å². The molecule has 0 radical (unpaired) electrons. The number of aromatic nitrogens is 2. The van der Waals surface area contributed by atoms with Gasteiger partial charge in [0.05, 0.1) is 18.2 Å². The zero-order valence-corrected chi connectivity index (χ0v) is 12.1. The average molecular weight is 304 g/mol. The highest BCUT2D eigenvalue weighted by atomic mass is 32.1. The summed E-state index contributed by atoms with van der Waals surface area (Å²) in [6.07, 6.45) is 0. The number of benzene rings is 1. The van der Waals surface area contributed by atoms with E-state index in [2.05, 4.69) is 4.98 Å². The fourth-order valence-electron chi connectivity index (χ4n) is 2.24. The fraction of sp³-hybridized carbons (Fsp3) is 0.143. The molecule has 6 heteroatoms. The van der Waals surface area contributed by atoms with Crippen molar-refractivity contribution in [1.82, 2.24) is 9.55 Å². The molecule has 20 heavy (non-hydrogen) atoms. The molecular weight excluding hydrogens is 292 g/mol. The molecule has 0 fully saturated rings. The second kappa shape index (κ2) is 5.32. The molecule has 1 aromatic carbocycles. The molecule has 1 unspecified atom stereocenters. The van der Waals surface area contributed by atoms with E-state index in [4.69, 9.17) is 12.2 Å². The third-order valence-electron chi connectivity index (χ3n) is 3.21. The van der Waals surface area contributed by atoms with Crippen LogP contribution in [0.5, 0.6) is 0 Å². The summed E-state index contributed by atoms with van der Waals surface area (Å²) in [6.45, 7) is -0.182. The Morgan fingerprint density at radius 2 is 2.05 bits per heavy atom. The van der Waals surface area contributed by atoms with Crippen LogP contribution < -0.4 is 5.56 Å². The predicted molar refractivity (Wildman–Crippen MR) is 82.9 cm³/mol. The number of thiophene rings is 1. The van der Waals surface area contributed by atoms with E-state index in [-0.39, 0.29) is 12.2 Å². The molecular formula is C14H12N2O2S2. The standard InChI is InChI=1S/C14H12N2O2S2/c17-8-11(9-4-2-1-3-5-9)16-13(18)12-10(6-7-20-12)15-14(16)19/h1-7,11,17H,8H2,(H,15,19). The molecule has 0 amide bonds. The maximum Gasteiger partial charge on any atom is 0.272 e. The number of aliphatic hydroxyl groups excluding tert-OH is 1. The highest BCUT2D eigenvalue weighted by Crippen LogP contribution is 2.19. The van der Waals surface area contributed by atoms with Crippen LogP contribution in [0.25, 0.3) is 10.2 Å². The van der Waals surface area contributed by atoms with Crippen LogP contribution in [0.3, 0.4) is 0 Å². The summed E-state index contributed by atoms with van der Waals surface area (Å²) < 4.78 is 2.39. The van der Waals surface area contributed by atoms with E-state index in [1.165, 1.54) is 15.9 Å². The van der Waals surface area contributed by atoms with E-state index in [0.29, 0.717) is 9.47 Å². The van der Waals surface area contributed by atoms with Gasteiger partial charge < -0.3 is 10.1 Å². The Morgan fingerprint density at radius 3 is 2.75 bits per heavy atom. The summed E-state index contributed by atoms with van der Waals surface area (Å²) >= 11 is 6.64. The zero-order valence-electron chi connectivity index (χ0n) is 10.4. The van der Waals surface area contributed by atoms with E-state index in [9.17, 15) is 9.90 Å². The van der Waals surface area contributed by atoms with Crippen LogP contribution in [0.15, 0.2) is 46.6 Å². The number of rotatable bonds is 3. The van der Waals surface area contributed by atoms with Crippen molar-refractivity contribution in [2.45, 2.75) is 6.04 Å². The minimum absolute atomic E-state index is 0.165. The lowest BCUT2D eigenvalue weighted by molar-refractivity contribution is 0.245. The van der Waals surface area contributed by atoms with Crippen LogP contribution in [-0.2, 0) is 0 Å². The lowest BCUT2D eigenvalue weighted by Crippen LogP contribution is -2.28. The summed E-state index contributed by atoms with van der Waals surface area (Å²) in [7, 11) is 0. The second-order valence-electron chi connectivity index (χ2n) is 4.38. The molecule has 0 bridgehead atoms. The minimum Gasteiger partial charge on any atom is -0.394 e. The van der Waals surface area contributed by atoms with Gasteiger partial charge in [-0.1, -0.05) is 30.3 Å². The van der Waals surface area contributed by atoms with Crippen molar-refractivity contribution in [2.75, 3.05) is 6.61 Å². The first-order chi connectivity index (χ1) is 9.72. The molecule has 2 aromatic heterocycles. The molecule has 0 saturated heterocycles. The number of hydrogen-bond acceptors (Lipinski definition) is 4. The largest absolute Gasteiger partial charge is 0.394 e. The van der Waals surface area contributed by atoms with Gasteiger partial charge in [-0.25, -0.2) is 0 Å². The normalized spacial score (nSPS) is 12.7. The summed E-state index contributed by atoms with van der Waals surface area (Å²) in [4.78, 5) is 15.6.